The maximum Gasteiger partial charge on any atom is 0.201 e. The standard InChI is InChI=1S/C10H13N3OS/c1-15(14)7-6-13-9-5-3-2-4-8(9)12-10(13)11/h2-5H,6-7H2,1H3,(H2,11,12). The van der Waals surface area contributed by atoms with Crippen LogP contribution in [0.5, 0.6) is 0 Å². The van der Waals surface area contributed by atoms with Crippen LogP contribution < -0.4 is 5.73 Å². The molecular weight excluding hydrogens is 210 g/mol. The zero-order valence-corrected chi connectivity index (χ0v) is 9.33. The van der Waals surface area contributed by atoms with E-state index in [4.69, 9.17) is 5.73 Å². The fourth-order valence-corrected chi connectivity index (χ4v) is 1.99. The molecule has 1 heterocycles. The van der Waals surface area contributed by atoms with Crippen LogP contribution >= 0.6 is 0 Å². The second-order valence-corrected chi connectivity index (χ2v) is 4.94. The first-order chi connectivity index (χ1) is 7.18. The number of aryl methyl sites for hydroxylation is 1. The number of hydrogen-bond donors (Lipinski definition) is 1. The van der Waals surface area contributed by atoms with Gasteiger partial charge in [-0.25, -0.2) is 4.98 Å². The third-order valence-corrected chi connectivity index (χ3v) is 3.04. The summed E-state index contributed by atoms with van der Waals surface area (Å²) in [6.45, 7) is 0.648. The molecule has 0 aliphatic rings. The molecule has 1 atom stereocenters. The molecule has 0 aliphatic heterocycles. The number of nitrogens with two attached hydrogens (primary N) is 1. The van der Waals surface area contributed by atoms with Crippen LogP contribution in [0, 0.1) is 0 Å². The van der Waals surface area contributed by atoms with Crippen molar-refractivity contribution in [1.82, 2.24) is 9.55 Å². The van der Waals surface area contributed by atoms with E-state index in [1.807, 2.05) is 28.8 Å². The van der Waals surface area contributed by atoms with Crippen molar-refractivity contribution in [2.24, 2.45) is 0 Å². The van der Waals surface area contributed by atoms with Gasteiger partial charge in [0.15, 0.2) is 0 Å². The minimum atomic E-state index is -0.806. The lowest BCUT2D eigenvalue weighted by atomic mass is 10.3. The molecule has 0 aliphatic carbocycles. The number of nitrogen functional groups attached to an aromatic ring is 1. The SMILES string of the molecule is CS(=O)CCn1c(N)nc2ccccc21. The van der Waals surface area contributed by atoms with E-state index in [9.17, 15) is 4.21 Å². The summed E-state index contributed by atoms with van der Waals surface area (Å²) >= 11 is 0. The summed E-state index contributed by atoms with van der Waals surface area (Å²) in [6, 6.07) is 7.77. The molecule has 4 nitrogen and oxygen atoms in total. The third kappa shape index (κ3) is 2.02. The Balaban J connectivity index is 2.40. The lowest BCUT2D eigenvalue weighted by molar-refractivity contribution is 0.680. The molecule has 80 valence electrons. The van der Waals surface area contributed by atoms with Crippen LogP contribution in [0.2, 0.25) is 0 Å². The number of imidazole rings is 1. The highest BCUT2D eigenvalue weighted by molar-refractivity contribution is 7.84. The molecule has 1 aromatic heterocycles. The van der Waals surface area contributed by atoms with Crippen LogP contribution in [0.4, 0.5) is 5.95 Å². The average molecular weight is 223 g/mol. The summed E-state index contributed by atoms with van der Waals surface area (Å²) in [5, 5.41) is 0. The Bertz CT molecular complexity index is 506. The molecule has 15 heavy (non-hydrogen) atoms. The van der Waals surface area contributed by atoms with Crippen molar-refractivity contribution in [2.45, 2.75) is 6.54 Å². The van der Waals surface area contributed by atoms with Crippen LogP contribution in [0.25, 0.3) is 11.0 Å². The van der Waals surface area contributed by atoms with Gasteiger partial charge in [0, 0.05) is 29.4 Å². The van der Waals surface area contributed by atoms with Gasteiger partial charge in [0.2, 0.25) is 5.95 Å². The van der Waals surface area contributed by atoms with Gasteiger partial charge in [0.25, 0.3) is 0 Å². The van der Waals surface area contributed by atoms with Crippen LogP contribution in [0.3, 0.4) is 0 Å². The fourth-order valence-electron chi connectivity index (χ4n) is 1.55. The molecule has 1 unspecified atom stereocenters. The lowest BCUT2D eigenvalue weighted by Gasteiger charge is -2.04. The number of anilines is 1. The highest BCUT2D eigenvalue weighted by Gasteiger charge is 2.06. The molecule has 0 radical (unpaired) electrons. The maximum absolute atomic E-state index is 11.0. The summed E-state index contributed by atoms with van der Waals surface area (Å²) in [4.78, 5) is 4.23. The van der Waals surface area contributed by atoms with Crippen LogP contribution in [0.1, 0.15) is 0 Å². The van der Waals surface area contributed by atoms with Crippen molar-refractivity contribution in [2.75, 3.05) is 17.7 Å². The number of para-hydroxylation sites is 2. The highest BCUT2D eigenvalue weighted by atomic mass is 32.2. The average Bonchev–Trinajstić information content (AvgIpc) is 2.50. The molecule has 0 saturated carbocycles. The van der Waals surface area contributed by atoms with Gasteiger partial charge in [0.05, 0.1) is 11.0 Å². The molecule has 2 N–H and O–H groups in total. The fraction of sp³-hybridized carbons (Fsp3) is 0.300. The van der Waals surface area contributed by atoms with Crippen molar-refractivity contribution in [3.8, 4) is 0 Å². The van der Waals surface area contributed by atoms with E-state index in [0.29, 0.717) is 18.2 Å². The second-order valence-electron chi connectivity index (χ2n) is 3.39. The number of fused-ring (bicyclic) bond motifs is 1. The van der Waals surface area contributed by atoms with E-state index in [1.54, 1.807) is 6.26 Å². The Kier molecular flexibility index (Phi) is 2.73. The molecule has 0 amide bonds. The number of rotatable bonds is 3. The molecule has 5 heteroatoms. The first kappa shape index (κ1) is 10.2. The Labute approximate surface area is 90.6 Å². The predicted molar refractivity (Wildman–Crippen MR) is 63.1 cm³/mol. The van der Waals surface area contributed by atoms with Crippen LogP contribution in [-0.2, 0) is 17.3 Å². The van der Waals surface area contributed by atoms with Crippen molar-refractivity contribution < 1.29 is 4.21 Å². The highest BCUT2D eigenvalue weighted by Crippen LogP contribution is 2.16. The van der Waals surface area contributed by atoms with Gasteiger partial charge in [0.1, 0.15) is 0 Å². The van der Waals surface area contributed by atoms with E-state index < -0.39 is 10.8 Å². The first-order valence-corrected chi connectivity index (χ1v) is 6.42. The third-order valence-electron chi connectivity index (χ3n) is 2.29. The summed E-state index contributed by atoms with van der Waals surface area (Å²) in [6.07, 6.45) is 1.69. The van der Waals surface area contributed by atoms with Crippen molar-refractivity contribution in [3.05, 3.63) is 24.3 Å². The summed E-state index contributed by atoms with van der Waals surface area (Å²) < 4.78 is 12.9. The molecular formula is C10H13N3OS. The van der Waals surface area contributed by atoms with Crippen molar-refractivity contribution >= 4 is 27.8 Å². The molecule has 0 fully saturated rings. The topological polar surface area (TPSA) is 60.9 Å². The quantitative estimate of drug-likeness (QED) is 0.844. The Morgan fingerprint density at radius 3 is 2.93 bits per heavy atom. The van der Waals surface area contributed by atoms with Crippen molar-refractivity contribution in [3.63, 3.8) is 0 Å². The second kappa shape index (κ2) is 4.02. The molecule has 2 rings (SSSR count). The summed E-state index contributed by atoms with van der Waals surface area (Å²) in [7, 11) is -0.806. The smallest absolute Gasteiger partial charge is 0.201 e. The van der Waals surface area contributed by atoms with Gasteiger partial charge >= 0.3 is 0 Å². The number of aromatic nitrogens is 2. The van der Waals surface area contributed by atoms with Gasteiger partial charge in [-0.3, -0.25) is 4.21 Å². The van der Waals surface area contributed by atoms with Gasteiger partial charge in [-0.05, 0) is 12.1 Å². The largest absolute Gasteiger partial charge is 0.369 e. The predicted octanol–water partition coefficient (Wildman–Crippen LogP) is 0.997. The normalized spacial score (nSPS) is 13.1. The number of hydrogen-bond acceptors (Lipinski definition) is 3. The Morgan fingerprint density at radius 2 is 2.20 bits per heavy atom. The Hall–Kier alpha value is -1.36. The van der Waals surface area contributed by atoms with E-state index in [-0.39, 0.29) is 0 Å². The minimum absolute atomic E-state index is 0.488. The first-order valence-electron chi connectivity index (χ1n) is 4.69. The van der Waals surface area contributed by atoms with Crippen LogP contribution in [-0.4, -0.2) is 25.8 Å². The molecule has 0 bridgehead atoms. The van der Waals surface area contributed by atoms with Crippen molar-refractivity contribution in [1.29, 1.82) is 0 Å². The molecule has 0 spiro atoms. The maximum atomic E-state index is 11.0. The molecule has 2 aromatic rings. The zero-order valence-electron chi connectivity index (χ0n) is 8.51. The number of benzene rings is 1. The summed E-state index contributed by atoms with van der Waals surface area (Å²) in [5.74, 6) is 1.09. The van der Waals surface area contributed by atoms with E-state index in [1.165, 1.54) is 0 Å². The van der Waals surface area contributed by atoms with E-state index in [2.05, 4.69) is 4.98 Å². The van der Waals surface area contributed by atoms with Gasteiger partial charge in [-0.2, -0.15) is 0 Å². The lowest BCUT2D eigenvalue weighted by Crippen LogP contribution is -2.09. The number of nitrogens with zero attached hydrogens (tertiary/aromatic N) is 2. The minimum Gasteiger partial charge on any atom is -0.369 e. The van der Waals surface area contributed by atoms with Gasteiger partial charge in [-0.1, -0.05) is 12.1 Å². The van der Waals surface area contributed by atoms with E-state index >= 15 is 0 Å². The van der Waals surface area contributed by atoms with Gasteiger partial charge in [-0.15, -0.1) is 0 Å². The van der Waals surface area contributed by atoms with Crippen LogP contribution in [0.15, 0.2) is 24.3 Å². The molecule has 0 saturated heterocycles. The van der Waals surface area contributed by atoms with E-state index in [0.717, 1.165) is 11.0 Å². The van der Waals surface area contributed by atoms with Gasteiger partial charge < -0.3 is 10.3 Å². The monoisotopic (exact) mass is 223 g/mol. The Morgan fingerprint density at radius 1 is 1.47 bits per heavy atom. The summed E-state index contributed by atoms with van der Waals surface area (Å²) in [5.41, 5.74) is 7.68. The molecule has 1 aromatic carbocycles. The zero-order chi connectivity index (χ0) is 10.8.